The second-order valence-corrected chi connectivity index (χ2v) is 4.94. The highest BCUT2D eigenvalue weighted by Gasteiger charge is 2.15. The normalized spacial score (nSPS) is 10.4. The predicted molar refractivity (Wildman–Crippen MR) is 77.3 cm³/mol. The van der Waals surface area contributed by atoms with Crippen LogP contribution in [0.15, 0.2) is 6.07 Å². The van der Waals surface area contributed by atoms with Crippen molar-refractivity contribution in [3.05, 3.63) is 22.8 Å². The lowest BCUT2D eigenvalue weighted by Gasteiger charge is -2.25. The quantitative estimate of drug-likeness (QED) is 0.859. The summed E-state index contributed by atoms with van der Waals surface area (Å²) in [6, 6.07) is 2.14. The molecule has 0 atom stereocenters. The Bertz CT molecular complexity index is 469. The lowest BCUT2D eigenvalue weighted by Crippen LogP contribution is -2.21. The first-order valence-corrected chi connectivity index (χ1v) is 6.46. The highest BCUT2D eigenvalue weighted by atomic mass is 16.5. The first-order valence-electron chi connectivity index (χ1n) is 6.46. The Morgan fingerprint density at radius 3 is 2.47 bits per heavy atom. The summed E-state index contributed by atoms with van der Waals surface area (Å²) < 4.78 is 5.53. The van der Waals surface area contributed by atoms with Crippen LogP contribution in [0.4, 0.5) is 5.69 Å². The lowest BCUT2D eigenvalue weighted by molar-refractivity contribution is -0.137. The monoisotopic (exact) mass is 265 g/mol. The van der Waals surface area contributed by atoms with E-state index in [0.29, 0.717) is 13.0 Å². The summed E-state index contributed by atoms with van der Waals surface area (Å²) in [5, 5.41) is 8.69. The van der Waals surface area contributed by atoms with Crippen molar-refractivity contribution in [2.24, 2.45) is 0 Å². The van der Waals surface area contributed by atoms with E-state index in [1.807, 2.05) is 14.0 Å². The largest absolute Gasteiger partial charge is 0.494 e. The third-order valence-corrected chi connectivity index (χ3v) is 3.42. The van der Waals surface area contributed by atoms with Crippen molar-refractivity contribution in [3.8, 4) is 5.75 Å². The molecule has 0 aliphatic carbocycles. The summed E-state index contributed by atoms with van der Waals surface area (Å²) in [6.45, 7) is 6.87. The van der Waals surface area contributed by atoms with Gasteiger partial charge in [0.05, 0.1) is 12.8 Å². The summed E-state index contributed by atoms with van der Waals surface area (Å²) in [7, 11) is 3.65. The number of nitrogens with zero attached hydrogens (tertiary/aromatic N) is 1. The Kier molecular flexibility index (Phi) is 5.21. The average molecular weight is 265 g/mol. The van der Waals surface area contributed by atoms with Gasteiger partial charge in [0.15, 0.2) is 0 Å². The van der Waals surface area contributed by atoms with Crippen molar-refractivity contribution in [2.75, 3.05) is 25.6 Å². The molecule has 4 heteroatoms. The molecule has 1 aromatic carbocycles. The number of methoxy groups -OCH3 is 1. The van der Waals surface area contributed by atoms with Crippen molar-refractivity contribution in [3.63, 3.8) is 0 Å². The molecule has 0 aromatic heterocycles. The number of aliphatic carboxylic acids is 1. The molecule has 0 amide bonds. The van der Waals surface area contributed by atoms with Gasteiger partial charge in [-0.2, -0.15) is 0 Å². The van der Waals surface area contributed by atoms with Gasteiger partial charge >= 0.3 is 5.97 Å². The van der Waals surface area contributed by atoms with E-state index in [9.17, 15) is 4.79 Å². The molecule has 1 N–H and O–H groups in total. The molecule has 0 radical (unpaired) electrons. The number of benzene rings is 1. The van der Waals surface area contributed by atoms with Crippen LogP contribution < -0.4 is 9.64 Å². The van der Waals surface area contributed by atoms with E-state index in [1.165, 1.54) is 5.56 Å². The number of hydrogen-bond donors (Lipinski definition) is 1. The first-order chi connectivity index (χ1) is 8.88. The molecule has 19 heavy (non-hydrogen) atoms. The second-order valence-electron chi connectivity index (χ2n) is 4.94. The standard InChI is InChI=1S/C15H23NO3/c1-10-9-11(2)14(15(19-5)12(10)3)16(4)8-6-7-13(17)18/h9H,6-8H2,1-5H3,(H,17,18). The Labute approximate surface area is 115 Å². The molecule has 0 bridgehead atoms. The molecule has 0 aliphatic heterocycles. The minimum Gasteiger partial charge on any atom is -0.494 e. The van der Waals surface area contributed by atoms with Crippen LogP contribution in [0.1, 0.15) is 29.5 Å². The van der Waals surface area contributed by atoms with Crippen LogP contribution in [-0.2, 0) is 4.79 Å². The number of carboxylic acids is 1. The summed E-state index contributed by atoms with van der Waals surface area (Å²) in [4.78, 5) is 12.6. The number of hydrogen-bond acceptors (Lipinski definition) is 3. The molecule has 0 fully saturated rings. The average Bonchev–Trinajstić information content (AvgIpc) is 2.32. The van der Waals surface area contributed by atoms with Crippen LogP contribution in [-0.4, -0.2) is 31.8 Å². The maximum absolute atomic E-state index is 10.6. The van der Waals surface area contributed by atoms with E-state index in [1.54, 1.807) is 7.11 Å². The molecule has 4 nitrogen and oxygen atoms in total. The Balaban J connectivity index is 2.98. The maximum atomic E-state index is 10.6. The lowest BCUT2D eigenvalue weighted by atomic mass is 10.0. The zero-order valence-electron chi connectivity index (χ0n) is 12.4. The van der Waals surface area contributed by atoms with E-state index in [-0.39, 0.29) is 6.42 Å². The Hall–Kier alpha value is -1.71. The zero-order valence-corrected chi connectivity index (χ0v) is 12.4. The molecule has 0 unspecified atom stereocenters. The van der Waals surface area contributed by atoms with E-state index < -0.39 is 5.97 Å². The fourth-order valence-corrected chi connectivity index (χ4v) is 2.34. The van der Waals surface area contributed by atoms with Crippen molar-refractivity contribution in [2.45, 2.75) is 33.6 Å². The summed E-state index contributed by atoms with van der Waals surface area (Å²) in [6.07, 6.45) is 0.817. The van der Waals surface area contributed by atoms with Gasteiger partial charge in [-0.05, 0) is 43.9 Å². The molecular weight excluding hydrogens is 242 g/mol. The number of rotatable bonds is 6. The maximum Gasteiger partial charge on any atom is 0.303 e. The van der Waals surface area contributed by atoms with Crippen LogP contribution in [0, 0.1) is 20.8 Å². The first kappa shape index (κ1) is 15.3. The summed E-state index contributed by atoms with van der Waals surface area (Å²) in [5.74, 6) is 0.132. The summed E-state index contributed by atoms with van der Waals surface area (Å²) >= 11 is 0. The molecule has 1 aromatic rings. The summed E-state index contributed by atoms with van der Waals surface area (Å²) in [5.41, 5.74) is 4.54. The Morgan fingerprint density at radius 2 is 1.95 bits per heavy atom. The SMILES string of the molecule is COc1c(C)c(C)cc(C)c1N(C)CCCC(=O)O. The van der Waals surface area contributed by atoms with E-state index in [2.05, 4.69) is 24.8 Å². The number of carbonyl (C=O) groups is 1. The van der Waals surface area contributed by atoms with Gasteiger partial charge in [-0.15, -0.1) is 0 Å². The molecule has 106 valence electrons. The van der Waals surface area contributed by atoms with Gasteiger partial charge in [-0.1, -0.05) is 6.07 Å². The minimum absolute atomic E-state index is 0.191. The minimum atomic E-state index is -0.753. The highest BCUT2D eigenvalue weighted by molar-refractivity contribution is 5.68. The molecule has 0 heterocycles. The van der Waals surface area contributed by atoms with Crippen LogP contribution in [0.5, 0.6) is 5.75 Å². The topological polar surface area (TPSA) is 49.8 Å². The van der Waals surface area contributed by atoms with Crippen molar-refractivity contribution in [1.82, 2.24) is 0 Å². The molecule has 0 saturated carbocycles. The molecule has 1 rings (SSSR count). The van der Waals surface area contributed by atoms with Gasteiger partial charge in [-0.3, -0.25) is 4.79 Å². The smallest absolute Gasteiger partial charge is 0.303 e. The third-order valence-electron chi connectivity index (χ3n) is 3.42. The number of ether oxygens (including phenoxy) is 1. The fourth-order valence-electron chi connectivity index (χ4n) is 2.34. The van der Waals surface area contributed by atoms with E-state index >= 15 is 0 Å². The van der Waals surface area contributed by atoms with Crippen molar-refractivity contribution < 1.29 is 14.6 Å². The van der Waals surface area contributed by atoms with Gasteiger partial charge in [0, 0.05) is 20.0 Å². The molecule has 0 saturated heterocycles. The molecule has 0 spiro atoms. The third kappa shape index (κ3) is 3.63. The van der Waals surface area contributed by atoms with Crippen LogP contribution in [0.25, 0.3) is 0 Å². The molecular formula is C15H23NO3. The van der Waals surface area contributed by atoms with Crippen LogP contribution in [0.3, 0.4) is 0 Å². The van der Waals surface area contributed by atoms with Gasteiger partial charge < -0.3 is 14.7 Å². The van der Waals surface area contributed by atoms with Crippen molar-refractivity contribution >= 4 is 11.7 Å². The van der Waals surface area contributed by atoms with Crippen molar-refractivity contribution in [1.29, 1.82) is 0 Å². The highest BCUT2D eigenvalue weighted by Crippen LogP contribution is 2.36. The second kappa shape index (κ2) is 6.45. The van der Waals surface area contributed by atoms with Crippen LogP contribution >= 0.6 is 0 Å². The zero-order chi connectivity index (χ0) is 14.6. The number of anilines is 1. The van der Waals surface area contributed by atoms with E-state index in [0.717, 1.165) is 22.6 Å². The predicted octanol–water partition coefficient (Wildman–Crippen LogP) is 2.92. The molecule has 0 aliphatic rings. The van der Waals surface area contributed by atoms with Gasteiger partial charge in [0.25, 0.3) is 0 Å². The van der Waals surface area contributed by atoms with Gasteiger partial charge in [0.1, 0.15) is 5.75 Å². The number of aryl methyl sites for hydroxylation is 2. The fraction of sp³-hybridized carbons (Fsp3) is 0.533. The van der Waals surface area contributed by atoms with Gasteiger partial charge in [0.2, 0.25) is 0 Å². The van der Waals surface area contributed by atoms with E-state index in [4.69, 9.17) is 9.84 Å². The number of carboxylic acid groups (broad SMARTS) is 1. The van der Waals surface area contributed by atoms with Gasteiger partial charge in [-0.25, -0.2) is 0 Å². The van der Waals surface area contributed by atoms with Crippen LogP contribution in [0.2, 0.25) is 0 Å². The Morgan fingerprint density at radius 1 is 1.32 bits per heavy atom.